The van der Waals surface area contributed by atoms with E-state index >= 15 is 0 Å². The summed E-state index contributed by atoms with van der Waals surface area (Å²) < 4.78 is 43.5. The number of alkyl halides is 2. The topological polar surface area (TPSA) is 47.4 Å². The Hall–Kier alpha value is -2.22. The maximum absolute atomic E-state index is 13.3. The Labute approximate surface area is 154 Å². The first kappa shape index (κ1) is 20.1. The normalized spacial score (nSPS) is 11.3. The summed E-state index contributed by atoms with van der Waals surface area (Å²) >= 11 is 5.79. The number of aromatic nitrogens is 2. The Bertz CT molecular complexity index is 781. The number of halogens is 4. The minimum absolute atomic E-state index is 0.0167. The molecule has 9 heteroatoms. The highest BCUT2D eigenvalue weighted by Crippen LogP contribution is 2.20. The lowest BCUT2D eigenvalue weighted by atomic mass is 10.1. The molecule has 142 valence electrons. The molecule has 5 nitrogen and oxygen atoms in total. The van der Waals surface area contributed by atoms with Gasteiger partial charge in [0.15, 0.2) is 5.69 Å². The van der Waals surface area contributed by atoms with Crippen LogP contribution in [0.4, 0.5) is 13.2 Å². The SMILES string of the molecule is CC(C)CN(Cc1ccc(F)c(Cl)c1)C(=O)c1cc(OC(F)F)n(C)n1. The minimum Gasteiger partial charge on any atom is -0.417 e. The molecule has 0 fully saturated rings. The largest absolute Gasteiger partial charge is 0.417 e. The zero-order valence-corrected chi connectivity index (χ0v) is 15.3. The van der Waals surface area contributed by atoms with E-state index in [4.69, 9.17) is 11.6 Å². The summed E-state index contributed by atoms with van der Waals surface area (Å²) in [5.74, 6) is -1.05. The Morgan fingerprint density at radius 2 is 2.04 bits per heavy atom. The quantitative estimate of drug-likeness (QED) is 0.716. The number of ether oxygens (including phenoxy) is 1. The molecule has 0 saturated heterocycles. The van der Waals surface area contributed by atoms with Crippen LogP contribution in [-0.4, -0.2) is 33.7 Å². The van der Waals surface area contributed by atoms with Crippen LogP contribution in [0.25, 0.3) is 0 Å². The second kappa shape index (κ2) is 8.44. The molecule has 0 spiro atoms. The van der Waals surface area contributed by atoms with Crippen molar-refractivity contribution < 1.29 is 22.7 Å². The van der Waals surface area contributed by atoms with Crippen LogP contribution in [0.1, 0.15) is 29.9 Å². The van der Waals surface area contributed by atoms with E-state index in [9.17, 15) is 18.0 Å². The molecular weight excluding hydrogens is 371 g/mol. The van der Waals surface area contributed by atoms with Crippen molar-refractivity contribution >= 4 is 17.5 Å². The van der Waals surface area contributed by atoms with Gasteiger partial charge in [0.05, 0.1) is 5.02 Å². The second-order valence-corrected chi connectivity index (χ2v) is 6.61. The number of amides is 1. The summed E-state index contributed by atoms with van der Waals surface area (Å²) in [4.78, 5) is 14.3. The van der Waals surface area contributed by atoms with Crippen molar-refractivity contribution in [2.24, 2.45) is 13.0 Å². The van der Waals surface area contributed by atoms with Crippen LogP contribution in [-0.2, 0) is 13.6 Å². The number of benzene rings is 1. The minimum atomic E-state index is -3.01. The number of hydrogen-bond donors (Lipinski definition) is 0. The molecule has 0 aliphatic heterocycles. The average molecular weight is 390 g/mol. The van der Waals surface area contributed by atoms with Gasteiger partial charge in [-0.15, -0.1) is 0 Å². The van der Waals surface area contributed by atoms with E-state index in [1.165, 1.54) is 36.2 Å². The molecule has 2 rings (SSSR count). The molecule has 1 heterocycles. The van der Waals surface area contributed by atoms with Crippen molar-refractivity contribution in [2.45, 2.75) is 27.0 Å². The number of aryl methyl sites for hydroxylation is 1. The highest BCUT2D eigenvalue weighted by atomic mass is 35.5. The Morgan fingerprint density at radius 1 is 1.35 bits per heavy atom. The number of carbonyl (C=O) groups excluding carboxylic acids is 1. The standard InChI is InChI=1S/C17H19ClF3N3O2/c1-10(2)8-24(9-11-4-5-13(19)12(18)6-11)16(25)14-7-15(23(3)22-14)26-17(20)21/h4-7,10,17H,8-9H2,1-3H3. The van der Waals surface area contributed by atoms with Crippen molar-refractivity contribution in [3.05, 3.63) is 46.4 Å². The molecular formula is C17H19ClF3N3O2. The molecule has 1 aromatic carbocycles. The van der Waals surface area contributed by atoms with E-state index in [1.807, 2.05) is 13.8 Å². The van der Waals surface area contributed by atoms with Gasteiger partial charge in [0, 0.05) is 26.2 Å². The van der Waals surface area contributed by atoms with Crippen LogP contribution in [0, 0.1) is 11.7 Å². The zero-order chi connectivity index (χ0) is 19.4. The second-order valence-electron chi connectivity index (χ2n) is 6.20. The van der Waals surface area contributed by atoms with Gasteiger partial charge in [-0.2, -0.15) is 13.9 Å². The Kier molecular flexibility index (Phi) is 6.52. The van der Waals surface area contributed by atoms with Gasteiger partial charge in [-0.3, -0.25) is 4.79 Å². The number of rotatable bonds is 7. The number of hydrogen-bond acceptors (Lipinski definition) is 3. The average Bonchev–Trinajstić information content (AvgIpc) is 2.89. The van der Waals surface area contributed by atoms with Crippen LogP contribution in [0.15, 0.2) is 24.3 Å². The highest BCUT2D eigenvalue weighted by molar-refractivity contribution is 6.30. The van der Waals surface area contributed by atoms with E-state index in [1.54, 1.807) is 0 Å². The fraction of sp³-hybridized carbons (Fsp3) is 0.412. The van der Waals surface area contributed by atoms with E-state index in [0.29, 0.717) is 12.1 Å². The summed E-state index contributed by atoms with van der Waals surface area (Å²) in [6, 6.07) is 5.37. The van der Waals surface area contributed by atoms with Gasteiger partial charge in [-0.05, 0) is 23.6 Å². The molecule has 0 radical (unpaired) electrons. The summed E-state index contributed by atoms with van der Waals surface area (Å²) in [5.41, 5.74) is 0.627. The van der Waals surface area contributed by atoms with Gasteiger partial charge in [0.25, 0.3) is 5.91 Å². The van der Waals surface area contributed by atoms with Gasteiger partial charge in [0.2, 0.25) is 5.88 Å². The predicted molar refractivity (Wildman–Crippen MR) is 90.8 cm³/mol. The van der Waals surface area contributed by atoms with Crippen molar-refractivity contribution in [2.75, 3.05) is 6.54 Å². The fourth-order valence-electron chi connectivity index (χ4n) is 2.44. The van der Waals surface area contributed by atoms with Gasteiger partial charge >= 0.3 is 6.61 Å². The number of carbonyl (C=O) groups is 1. The zero-order valence-electron chi connectivity index (χ0n) is 14.5. The number of nitrogens with zero attached hydrogens (tertiary/aromatic N) is 3. The smallest absolute Gasteiger partial charge is 0.388 e. The molecule has 0 bridgehead atoms. The summed E-state index contributed by atoms with van der Waals surface area (Å²) in [6.07, 6.45) is 0. The molecule has 26 heavy (non-hydrogen) atoms. The third kappa shape index (κ3) is 5.14. The van der Waals surface area contributed by atoms with Crippen molar-refractivity contribution in [1.29, 1.82) is 0 Å². The third-order valence-electron chi connectivity index (χ3n) is 3.50. The summed E-state index contributed by atoms with van der Waals surface area (Å²) in [5, 5.41) is 3.91. The van der Waals surface area contributed by atoms with Crippen LogP contribution < -0.4 is 4.74 Å². The van der Waals surface area contributed by atoms with Crippen molar-refractivity contribution in [3.63, 3.8) is 0 Å². The first-order valence-electron chi connectivity index (χ1n) is 7.89. The maximum atomic E-state index is 13.3. The Balaban J connectivity index is 2.25. The predicted octanol–water partition coefficient (Wildman–Crippen LogP) is 4.11. The molecule has 2 aromatic rings. The van der Waals surface area contributed by atoms with Crippen LogP contribution in [0.5, 0.6) is 5.88 Å². The molecule has 1 amide bonds. The monoisotopic (exact) mass is 389 g/mol. The molecule has 1 aromatic heterocycles. The Morgan fingerprint density at radius 3 is 2.62 bits per heavy atom. The molecule has 0 aliphatic carbocycles. The van der Waals surface area contributed by atoms with Gasteiger partial charge in [-0.25, -0.2) is 9.07 Å². The maximum Gasteiger partial charge on any atom is 0.388 e. The van der Waals surface area contributed by atoms with Crippen LogP contribution in [0.3, 0.4) is 0 Å². The van der Waals surface area contributed by atoms with Crippen molar-refractivity contribution in [3.8, 4) is 5.88 Å². The lowest BCUT2D eigenvalue weighted by Gasteiger charge is -2.24. The van der Waals surface area contributed by atoms with Gasteiger partial charge < -0.3 is 9.64 Å². The molecule has 0 unspecified atom stereocenters. The summed E-state index contributed by atoms with van der Waals surface area (Å²) in [7, 11) is 1.40. The first-order valence-corrected chi connectivity index (χ1v) is 8.27. The molecule has 0 N–H and O–H groups in total. The molecule has 0 saturated carbocycles. The van der Waals surface area contributed by atoms with Gasteiger partial charge in [0.1, 0.15) is 5.82 Å². The third-order valence-corrected chi connectivity index (χ3v) is 3.79. The summed E-state index contributed by atoms with van der Waals surface area (Å²) in [6.45, 7) is 1.43. The van der Waals surface area contributed by atoms with Crippen LogP contribution in [0.2, 0.25) is 5.02 Å². The van der Waals surface area contributed by atoms with E-state index in [-0.39, 0.29) is 29.1 Å². The molecule has 0 aliphatic rings. The van der Waals surface area contributed by atoms with E-state index in [2.05, 4.69) is 9.84 Å². The highest BCUT2D eigenvalue weighted by Gasteiger charge is 2.22. The lowest BCUT2D eigenvalue weighted by Crippen LogP contribution is -2.34. The van der Waals surface area contributed by atoms with E-state index in [0.717, 1.165) is 4.68 Å². The lowest BCUT2D eigenvalue weighted by molar-refractivity contribution is -0.0553. The van der Waals surface area contributed by atoms with Crippen molar-refractivity contribution in [1.82, 2.24) is 14.7 Å². The fourth-order valence-corrected chi connectivity index (χ4v) is 2.64. The van der Waals surface area contributed by atoms with Crippen LogP contribution >= 0.6 is 11.6 Å². The molecule has 0 atom stereocenters. The van der Waals surface area contributed by atoms with E-state index < -0.39 is 18.3 Å². The first-order chi connectivity index (χ1) is 12.2. The van der Waals surface area contributed by atoms with Gasteiger partial charge in [-0.1, -0.05) is 31.5 Å².